The van der Waals surface area contributed by atoms with Crippen LogP contribution in [0.2, 0.25) is 0 Å². The molecule has 48 heavy (non-hydrogen) atoms. The third-order valence-electron chi connectivity index (χ3n) is 8.53. The zero-order valence-electron chi connectivity index (χ0n) is 27.7. The number of rotatable bonds is 8. The summed E-state index contributed by atoms with van der Waals surface area (Å²) in [4.78, 5) is 4.35. The van der Waals surface area contributed by atoms with Crippen LogP contribution in [0.5, 0.6) is 0 Å². The molecule has 2 fully saturated rings. The van der Waals surface area contributed by atoms with Crippen molar-refractivity contribution in [1.82, 2.24) is 8.61 Å². The van der Waals surface area contributed by atoms with Crippen LogP contribution in [0.4, 0.5) is 11.4 Å². The van der Waals surface area contributed by atoms with Crippen molar-refractivity contribution in [3.63, 3.8) is 0 Å². The van der Waals surface area contributed by atoms with Gasteiger partial charge in [0.15, 0.2) is 0 Å². The molecule has 0 saturated carbocycles. The fourth-order valence-corrected chi connectivity index (χ4v) is 10.7. The highest BCUT2D eigenvalue weighted by Crippen LogP contribution is 2.28. The molecule has 4 heterocycles. The topological polar surface area (TPSA) is 122 Å². The Morgan fingerprint density at radius 1 is 0.521 bits per heavy atom. The number of hydrogen-bond donors (Lipinski definition) is 2. The molecule has 0 radical (unpaired) electrons. The van der Waals surface area contributed by atoms with Gasteiger partial charge in [0.25, 0.3) is 20.0 Å². The Morgan fingerprint density at radius 3 is 1.08 bits per heavy atom. The first kappa shape index (κ1) is 36.5. The normalized spacial score (nSPS) is 17.2. The Morgan fingerprint density at radius 2 is 0.833 bits per heavy atom. The molecular formula is C34H44N4O6S4. The Balaban J connectivity index is 0.000000188. The quantitative estimate of drug-likeness (QED) is 0.261. The van der Waals surface area contributed by atoms with Crippen molar-refractivity contribution in [3.05, 3.63) is 94.7 Å². The van der Waals surface area contributed by atoms with Crippen molar-refractivity contribution >= 4 is 54.1 Å². The highest BCUT2D eigenvalue weighted by atomic mass is 32.3. The smallest absolute Gasteiger partial charge is 0.252 e. The van der Waals surface area contributed by atoms with Gasteiger partial charge in [0.2, 0.25) is 0 Å². The van der Waals surface area contributed by atoms with Crippen LogP contribution >= 0.6 is 22.7 Å². The maximum Gasteiger partial charge on any atom is 0.252 e. The van der Waals surface area contributed by atoms with Gasteiger partial charge in [-0.15, -0.1) is 22.7 Å². The van der Waals surface area contributed by atoms with Gasteiger partial charge in [-0.05, 0) is 86.0 Å². The number of anilines is 2. The predicted octanol–water partition coefficient (Wildman–Crippen LogP) is 4.97. The van der Waals surface area contributed by atoms with Crippen LogP contribution in [-0.2, 0) is 31.2 Å². The van der Waals surface area contributed by atoms with Gasteiger partial charge in [0, 0.05) is 63.7 Å². The molecular weight excluding hydrogens is 689 g/mol. The third-order valence-corrected chi connectivity index (χ3v) is 15.1. The molecule has 0 atom stereocenters. The summed E-state index contributed by atoms with van der Waals surface area (Å²) in [6.45, 7) is 11.6. The number of sulfonamides is 2. The number of aliphatic hydroxyl groups is 2. The highest BCUT2D eigenvalue weighted by molar-refractivity contribution is 7.91. The summed E-state index contributed by atoms with van der Waals surface area (Å²) in [6, 6.07) is 22.4. The fourth-order valence-electron chi connectivity index (χ4n) is 5.61. The Hall–Kier alpha value is -2.82. The van der Waals surface area contributed by atoms with E-state index in [9.17, 15) is 27.0 Å². The molecule has 2 aliphatic heterocycles. The summed E-state index contributed by atoms with van der Waals surface area (Å²) < 4.78 is 54.1. The van der Waals surface area contributed by atoms with E-state index in [1.165, 1.54) is 22.7 Å². The Labute approximate surface area is 292 Å². The molecule has 260 valence electrons. The zero-order valence-corrected chi connectivity index (χ0v) is 31.0. The van der Waals surface area contributed by atoms with Gasteiger partial charge < -0.3 is 20.0 Å². The molecule has 6 rings (SSSR count). The van der Waals surface area contributed by atoms with E-state index < -0.39 is 31.2 Å². The number of thiophene rings is 2. The van der Waals surface area contributed by atoms with Gasteiger partial charge in [0.1, 0.15) is 8.42 Å². The summed E-state index contributed by atoms with van der Waals surface area (Å²) in [5.74, 6) is 0. The zero-order chi connectivity index (χ0) is 34.7. The van der Waals surface area contributed by atoms with Crippen molar-refractivity contribution in [2.75, 3.05) is 62.2 Å². The Bertz CT molecular complexity index is 1680. The average molecular weight is 733 g/mol. The number of nitrogens with zero attached hydrogens (tertiary/aromatic N) is 4. The van der Waals surface area contributed by atoms with Crippen molar-refractivity contribution < 1.29 is 27.0 Å². The first-order chi connectivity index (χ1) is 22.6. The summed E-state index contributed by atoms with van der Waals surface area (Å²) in [6.07, 6.45) is 0. The average Bonchev–Trinajstić information content (AvgIpc) is 3.81. The van der Waals surface area contributed by atoms with Crippen LogP contribution in [0.25, 0.3) is 0 Å². The minimum absolute atomic E-state index is 0.408. The third kappa shape index (κ3) is 8.48. The highest BCUT2D eigenvalue weighted by Gasteiger charge is 2.31. The lowest BCUT2D eigenvalue weighted by atomic mass is 9.98. The van der Waals surface area contributed by atoms with Gasteiger partial charge in [-0.2, -0.15) is 8.61 Å². The fraction of sp³-hybridized carbons (Fsp3) is 0.412. The molecule has 2 saturated heterocycles. The van der Waals surface area contributed by atoms with E-state index in [0.29, 0.717) is 60.8 Å². The molecule has 0 amide bonds. The molecule has 4 aromatic rings. The monoisotopic (exact) mass is 732 g/mol. The van der Waals surface area contributed by atoms with Gasteiger partial charge in [-0.3, -0.25) is 0 Å². The summed E-state index contributed by atoms with van der Waals surface area (Å²) in [5, 5.41) is 23.6. The van der Waals surface area contributed by atoms with Crippen LogP contribution in [0, 0.1) is 0 Å². The largest absolute Gasteiger partial charge is 0.386 e. The molecule has 0 unspecified atom stereocenters. The standard InChI is InChI=1S/2C17H22N2O3S2/c2*1-17(2,20)14-5-7-15(8-6-14)18-9-11-19(12-10-18)24(21,22)16-4-3-13-23-16/h2*3-8,13,20H,9-12H2,1-2H3. The van der Waals surface area contributed by atoms with Crippen molar-refractivity contribution in [2.24, 2.45) is 0 Å². The predicted molar refractivity (Wildman–Crippen MR) is 194 cm³/mol. The minimum atomic E-state index is -3.36. The number of piperazine rings is 2. The van der Waals surface area contributed by atoms with E-state index in [2.05, 4.69) is 9.80 Å². The second-order valence-electron chi connectivity index (χ2n) is 12.9. The van der Waals surface area contributed by atoms with E-state index in [4.69, 9.17) is 0 Å². The molecule has 14 heteroatoms. The van der Waals surface area contributed by atoms with Crippen molar-refractivity contribution in [1.29, 1.82) is 0 Å². The first-order valence-electron chi connectivity index (χ1n) is 15.8. The molecule has 10 nitrogen and oxygen atoms in total. The second-order valence-corrected chi connectivity index (χ2v) is 19.1. The SMILES string of the molecule is CC(C)(O)c1ccc(N2CCN(S(=O)(=O)c3cccs3)CC2)cc1.CC(C)(O)c1ccc(N2CCN(S(=O)(=O)c3cccs3)CC2)cc1. The van der Waals surface area contributed by atoms with Crippen molar-refractivity contribution in [2.45, 2.75) is 47.3 Å². The van der Waals surface area contributed by atoms with Crippen LogP contribution < -0.4 is 9.80 Å². The maximum atomic E-state index is 12.5. The van der Waals surface area contributed by atoms with Crippen LogP contribution in [0.3, 0.4) is 0 Å². The van der Waals surface area contributed by atoms with E-state index in [1.54, 1.807) is 71.3 Å². The lowest BCUT2D eigenvalue weighted by Gasteiger charge is -2.35. The molecule has 2 aromatic heterocycles. The van der Waals surface area contributed by atoms with Gasteiger partial charge in [0.05, 0.1) is 11.2 Å². The molecule has 2 aliphatic rings. The van der Waals surface area contributed by atoms with Gasteiger partial charge in [-0.1, -0.05) is 36.4 Å². The van der Waals surface area contributed by atoms with Crippen LogP contribution in [-0.4, -0.2) is 88.0 Å². The second kappa shape index (κ2) is 14.6. The lowest BCUT2D eigenvalue weighted by Crippen LogP contribution is -2.48. The molecule has 0 aliphatic carbocycles. The maximum absolute atomic E-state index is 12.5. The molecule has 2 N–H and O–H groups in total. The summed E-state index contributed by atoms with van der Waals surface area (Å²) in [7, 11) is -6.72. The Kier molecular flexibility index (Phi) is 11.1. The first-order valence-corrected chi connectivity index (χ1v) is 20.4. The molecule has 0 bridgehead atoms. The summed E-state index contributed by atoms with van der Waals surface area (Å²) in [5.41, 5.74) is 2.13. The van der Waals surface area contributed by atoms with E-state index in [1.807, 2.05) is 48.5 Å². The molecule has 2 aromatic carbocycles. The van der Waals surface area contributed by atoms with Crippen LogP contribution in [0.1, 0.15) is 38.8 Å². The van der Waals surface area contributed by atoms with Crippen LogP contribution in [0.15, 0.2) is 92.0 Å². The number of hydrogen-bond acceptors (Lipinski definition) is 10. The number of benzene rings is 2. The molecule has 0 spiro atoms. The minimum Gasteiger partial charge on any atom is -0.386 e. The van der Waals surface area contributed by atoms with E-state index in [-0.39, 0.29) is 0 Å². The lowest BCUT2D eigenvalue weighted by molar-refractivity contribution is 0.0780. The van der Waals surface area contributed by atoms with E-state index in [0.717, 1.165) is 22.5 Å². The van der Waals surface area contributed by atoms with Gasteiger partial charge >= 0.3 is 0 Å². The van der Waals surface area contributed by atoms with Gasteiger partial charge in [-0.25, -0.2) is 16.8 Å². The van der Waals surface area contributed by atoms with E-state index >= 15 is 0 Å². The van der Waals surface area contributed by atoms with Crippen molar-refractivity contribution in [3.8, 4) is 0 Å². The summed E-state index contributed by atoms with van der Waals surface area (Å²) >= 11 is 2.52.